The molecule has 0 saturated heterocycles. The second-order valence-electron chi connectivity index (χ2n) is 4.57. The van der Waals surface area contributed by atoms with E-state index in [1.54, 1.807) is 7.11 Å². The van der Waals surface area contributed by atoms with Crippen molar-refractivity contribution in [1.29, 1.82) is 0 Å². The molecule has 2 nitrogen and oxygen atoms in total. The first-order chi connectivity index (χ1) is 6.51. The molecule has 0 aliphatic heterocycles. The predicted octanol–water partition coefficient (Wildman–Crippen LogP) is 2.83. The maximum absolute atomic E-state index is 5.52. The van der Waals surface area contributed by atoms with Crippen molar-refractivity contribution >= 4 is 0 Å². The van der Waals surface area contributed by atoms with Crippen molar-refractivity contribution in [3.63, 3.8) is 0 Å². The quantitative estimate of drug-likeness (QED) is 0.684. The molecule has 2 heteroatoms. The Morgan fingerprint density at radius 1 is 1.21 bits per heavy atom. The summed E-state index contributed by atoms with van der Waals surface area (Å²) < 4.78 is 5.52. The molecule has 0 amide bonds. The molecule has 0 bridgehead atoms. The SMILES string of the molecule is CCC(CC)CC(NC)C(C)(C)OC. The average Bonchev–Trinajstić information content (AvgIpc) is 2.19. The average molecular weight is 201 g/mol. The Kier molecular flexibility index (Phi) is 6.38. The van der Waals surface area contributed by atoms with Gasteiger partial charge in [0.15, 0.2) is 0 Å². The lowest BCUT2D eigenvalue weighted by molar-refractivity contribution is -0.0150. The predicted molar refractivity (Wildman–Crippen MR) is 62.6 cm³/mol. The van der Waals surface area contributed by atoms with Crippen LogP contribution in [0.3, 0.4) is 0 Å². The van der Waals surface area contributed by atoms with E-state index < -0.39 is 0 Å². The number of hydrogen-bond acceptors (Lipinski definition) is 2. The number of likely N-dealkylation sites (N-methyl/N-ethyl adjacent to an activating group) is 1. The van der Waals surface area contributed by atoms with Gasteiger partial charge in [0.25, 0.3) is 0 Å². The van der Waals surface area contributed by atoms with Crippen LogP contribution in [0.1, 0.15) is 47.0 Å². The van der Waals surface area contributed by atoms with E-state index in [4.69, 9.17) is 4.74 Å². The summed E-state index contributed by atoms with van der Waals surface area (Å²) in [6.45, 7) is 8.83. The van der Waals surface area contributed by atoms with Crippen LogP contribution >= 0.6 is 0 Å². The normalized spacial score (nSPS) is 14.8. The summed E-state index contributed by atoms with van der Waals surface area (Å²) in [7, 11) is 3.81. The number of rotatable bonds is 7. The van der Waals surface area contributed by atoms with E-state index in [0.717, 1.165) is 5.92 Å². The summed E-state index contributed by atoms with van der Waals surface area (Å²) in [4.78, 5) is 0. The monoisotopic (exact) mass is 201 g/mol. The van der Waals surface area contributed by atoms with Gasteiger partial charge in [0, 0.05) is 13.2 Å². The largest absolute Gasteiger partial charge is 0.377 e. The Morgan fingerprint density at radius 2 is 1.71 bits per heavy atom. The number of nitrogens with one attached hydrogen (secondary N) is 1. The van der Waals surface area contributed by atoms with Crippen molar-refractivity contribution in [1.82, 2.24) is 5.32 Å². The summed E-state index contributed by atoms with van der Waals surface area (Å²) in [5.74, 6) is 0.807. The summed E-state index contributed by atoms with van der Waals surface area (Å²) in [5, 5.41) is 3.37. The lowest BCUT2D eigenvalue weighted by Crippen LogP contribution is -2.47. The van der Waals surface area contributed by atoms with Crippen LogP contribution in [0, 0.1) is 5.92 Å². The summed E-state index contributed by atoms with van der Waals surface area (Å²) >= 11 is 0. The maximum atomic E-state index is 5.52. The minimum atomic E-state index is -0.0721. The van der Waals surface area contributed by atoms with Gasteiger partial charge in [-0.1, -0.05) is 26.7 Å². The minimum absolute atomic E-state index is 0.0721. The van der Waals surface area contributed by atoms with Crippen molar-refractivity contribution in [2.75, 3.05) is 14.2 Å². The molecule has 1 N–H and O–H groups in total. The topological polar surface area (TPSA) is 21.3 Å². The molecular formula is C12H27NO. The lowest BCUT2D eigenvalue weighted by atomic mass is 9.87. The Hall–Kier alpha value is -0.0800. The highest BCUT2D eigenvalue weighted by Gasteiger charge is 2.29. The van der Waals surface area contributed by atoms with Gasteiger partial charge in [-0.25, -0.2) is 0 Å². The second-order valence-corrected chi connectivity index (χ2v) is 4.57. The number of methoxy groups -OCH3 is 1. The van der Waals surface area contributed by atoms with E-state index >= 15 is 0 Å². The van der Waals surface area contributed by atoms with Crippen LogP contribution in [0.2, 0.25) is 0 Å². The van der Waals surface area contributed by atoms with Crippen molar-refractivity contribution < 1.29 is 4.74 Å². The van der Waals surface area contributed by atoms with Gasteiger partial charge in [0.1, 0.15) is 0 Å². The van der Waals surface area contributed by atoms with Gasteiger partial charge in [-0.2, -0.15) is 0 Å². The zero-order chi connectivity index (χ0) is 11.2. The highest BCUT2D eigenvalue weighted by Crippen LogP contribution is 2.23. The fourth-order valence-electron chi connectivity index (χ4n) is 1.85. The van der Waals surface area contributed by atoms with Crippen LogP contribution in [0.15, 0.2) is 0 Å². The van der Waals surface area contributed by atoms with Gasteiger partial charge in [-0.05, 0) is 33.2 Å². The van der Waals surface area contributed by atoms with Gasteiger partial charge in [0.2, 0.25) is 0 Å². The van der Waals surface area contributed by atoms with Crippen LogP contribution in [-0.4, -0.2) is 25.8 Å². The summed E-state index contributed by atoms with van der Waals surface area (Å²) in [6.07, 6.45) is 3.72. The third-order valence-corrected chi connectivity index (χ3v) is 3.44. The smallest absolute Gasteiger partial charge is 0.0775 e. The first kappa shape index (κ1) is 13.9. The van der Waals surface area contributed by atoms with E-state index in [1.165, 1.54) is 19.3 Å². The molecular weight excluding hydrogens is 174 g/mol. The third-order valence-electron chi connectivity index (χ3n) is 3.44. The van der Waals surface area contributed by atoms with Crippen molar-refractivity contribution in [2.45, 2.75) is 58.6 Å². The molecule has 0 spiro atoms. The Bertz CT molecular complexity index is 141. The standard InChI is InChI=1S/C12H27NO/c1-7-10(8-2)9-11(13-5)12(3,4)14-6/h10-11,13H,7-9H2,1-6H3. The van der Waals surface area contributed by atoms with E-state index in [2.05, 4.69) is 33.0 Å². The maximum Gasteiger partial charge on any atom is 0.0775 e. The third kappa shape index (κ3) is 3.97. The van der Waals surface area contributed by atoms with E-state index in [1.807, 2.05) is 7.05 Å². The first-order valence-corrected chi connectivity index (χ1v) is 5.74. The van der Waals surface area contributed by atoms with Gasteiger partial charge in [-0.3, -0.25) is 0 Å². The molecule has 0 heterocycles. The zero-order valence-corrected chi connectivity index (χ0v) is 10.7. The molecule has 0 saturated carbocycles. The van der Waals surface area contributed by atoms with Gasteiger partial charge < -0.3 is 10.1 Å². The molecule has 1 unspecified atom stereocenters. The minimum Gasteiger partial charge on any atom is -0.377 e. The van der Waals surface area contributed by atoms with Crippen LogP contribution in [-0.2, 0) is 4.74 Å². The molecule has 0 aromatic carbocycles. The molecule has 0 aliphatic carbocycles. The van der Waals surface area contributed by atoms with Crippen molar-refractivity contribution in [3.8, 4) is 0 Å². The molecule has 1 atom stereocenters. The van der Waals surface area contributed by atoms with Crippen LogP contribution in [0.4, 0.5) is 0 Å². The molecule has 0 aliphatic rings. The zero-order valence-electron chi connectivity index (χ0n) is 10.7. The fourth-order valence-corrected chi connectivity index (χ4v) is 1.85. The van der Waals surface area contributed by atoms with Crippen molar-refractivity contribution in [3.05, 3.63) is 0 Å². The number of hydrogen-bond donors (Lipinski definition) is 1. The molecule has 14 heavy (non-hydrogen) atoms. The number of ether oxygens (including phenoxy) is 1. The van der Waals surface area contributed by atoms with E-state index in [0.29, 0.717) is 6.04 Å². The Labute approximate surface area is 89.4 Å². The second kappa shape index (κ2) is 6.41. The summed E-state index contributed by atoms with van der Waals surface area (Å²) in [5.41, 5.74) is -0.0721. The highest BCUT2D eigenvalue weighted by atomic mass is 16.5. The molecule has 0 fully saturated rings. The van der Waals surface area contributed by atoms with Crippen LogP contribution < -0.4 is 5.32 Å². The summed E-state index contributed by atoms with van der Waals surface area (Å²) in [6, 6.07) is 0.442. The Balaban J connectivity index is 4.27. The molecule has 0 radical (unpaired) electrons. The van der Waals surface area contributed by atoms with Crippen LogP contribution in [0.25, 0.3) is 0 Å². The molecule has 0 aromatic rings. The van der Waals surface area contributed by atoms with Gasteiger partial charge in [0.05, 0.1) is 5.60 Å². The molecule has 86 valence electrons. The lowest BCUT2D eigenvalue weighted by Gasteiger charge is -2.35. The van der Waals surface area contributed by atoms with Crippen molar-refractivity contribution in [2.24, 2.45) is 5.92 Å². The molecule has 0 aromatic heterocycles. The van der Waals surface area contributed by atoms with E-state index in [9.17, 15) is 0 Å². The first-order valence-electron chi connectivity index (χ1n) is 5.74. The van der Waals surface area contributed by atoms with Gasteiger partial charge in [-0.15, -0.1) is 0 Å². The highest BCUT2D eigenvalue weighted by molar-refractivity contribution is 4.85. The fraction of sp³-hybridized carbons (Fsp3) is 1.00. The van der Waals surface area contributed by atoms with Gasteiger partial charge >= 0.3 is 0 Å². The Morgan fingerprint density at radius 3 is 2.00 bits per heavy atom. The molecule has 0 rings (SSSR count). The van der Waals surface area contributed by atoms with E-state index in [-0.39, 0.29) is 5.60 Å². The van der Waals surface area contributed by atoms with Crippen LogP contribution in [0.5, 0.6) is 0 Å².